The number of aromatic nitrogens is 2. The zero-order valence-corrected chi connectivity index (χ0v) is 9.08. The largest absolute Gasteiger partial charge is 0.394 e. The number of hydrogen-bond acceptors (Lipinski definition) is 5. The molecule has 1 aliphatic rings. The number of nitrogens with zero attached hydrogens (tertiary/aromatic N) is 2. The number of aliphatic hydroxyl groups excluding tert-OH is 1. The number of nitrogens with two attached hydrogens (primary N) is 1. The third kappa shape index (κ3) is 1.80. The minimum atomic E-state index is -0.191. The number of aliphatic hydroxyl groups is 1. The summed E-state index contributed by atoms with van der Waals surface area (Å²) in [6, 6.07) is 0. The number of anilines is 2. The van der Waals surface area contributed by atoms with Gasteiger partial charge in [0.2, 0.25) is 5.95 Å². The predicted molar refractivity (Wildman–Crippen MR) is 56.8 cm³/mol. The molecular formula is C8H11BrN4O. The molecule has 0 amide bonds. The lowest BCUT2D eigenvalue weighted by Crippen LogP contribution is -2.26. The van der Waals surface area contributed by atoms with Gasteiger partial charge in [0.05, 0.1) is 16.6 Å². The maximum atomic E-state index is 9.13. The van der Waals surface area contributed by atoms with Gasteiger partial charge in [-0.15, -0.1) is 0 Å². The summed E-state index contributed by atoms with van der Waals surface area (Å²) in [7, 11) is 0. The van der Waals surface area contributed by atoms with Crippen molar-refractivity contribution in [3.05, 3.63) is 10.7 Å². The van der Waals surface area contributed by atoms with Gasteiger partial charge in [-0.1, -0.05) is 0 Å². The quantitative estimate of drug-likeness (QED) is 0.746. The van der Waals surface area contributed by atoms with E-state index in [2.05, 4.69) is 31.2 Å². The molecule has 1 aromatic rings. The lowest BCUT2D eigenvalue weighted by Gasteiger charge is -2.15. The van der Waals surface area contributed by atoms with Crippen molar-refractivity contribution in [2.45, 2.75) is 18.4 Å². The molecule has 0 bridgehead atoms. The molecule has 14 heavy (non-hydrogen) atoms. The third-order valence-electron chi connectivity index (χ3n) is 2.30. The zero-order valence-electron chi connectivity index (χ0n) is 7.50. The number of rotatable bonds is 3. The molecule has 0 spiro atoms. The van der Waals surface area contributed by atoms with E-state index < -0.39 is 0 Å². The first-order valence-electron chi connectivity index (χ1n) is 4.32. The van der Waals surface area contributed by atoms with E-state index >= 15 is 0 Å². The maximum Gasteiger partial charge on any atom is 0.221 e. The van der Waals surface area contributed by atoms with Crippen molar-refractivity contribution in [1.82, 2.24) is 9.97 Å². The van der Waals surface area contributed by atoms with Crippen LogP contribution in [0, 0.1) is 0 Å². The van der Waals surface area contributed by atoms with Crippen LogP contribution in [0.1, 0.15) is 12.8 Å². The minimum Gasteiger partial charge on any atom is -0.394 e. The second kappa shape index (κ2) is 3.36. The van der Waals surface area contributed by atoms with Gasteiger partial charge in [-0.3, -0.25) is 0 Å². The van der Waals surface area contributed by atoms with Gasteiger partial charge in [0.15, 0.2) is 0 Å². The van der Waals surface area contributed by atoms with Crippen LogP contribution >= 0.6 is 15.9 Å². The Balaban J connectivity index is 2.20. The van der Waals surface area contributed by atoms with Crippen molar-refractivity contribution in [1.29, 1.82) is 0 Å². The zero-order chi connectivity index (χ0) is 10.2. The molecule has 4 N–H and O–H groups in total. The van der Waals surface area contributed by atoms with Gasteiger partial charge in [0.25, 0.3) is 0 Å². The Morgan fingerprint density at radius 2 is 2.36 bits per heavy atom. The number of hydrogen-bond donors (Lipinski definition) is 3. The Morgan fingerprint density at radius 1 is 1.64 bits per heavy atom. The van der Waals surface area contributed by atoms with Crippen LogP contribution in [0.3, 0.4) is 0 Å². The van der Waals surface area contributed by atoms with E-state index in [1.807, 2.05) is 0 Å². The first-order chi connectivity index (χ1) is 6.65. The fraction of sp³-hybridized carbons (Fsp3) is 0.500. The second-order valence-corrected chi connectivity index (χ2v) is 4.34. The molecule has 0 atom stereocenters. The van der Waals surface area contributed by atoms with Crippen LogP contribution in [0.5, 0.6) is 0 Å². The number of nitrogens with one attached hydrogen (secondary N) is 1. The molecule has 1 saturated carbocycles. The van der Waals surface area contributed by atoms with E-state index in [1.165, 1.54) is 0 Å². The van der Waals surface area contributed by atoms with Gasteiger partial charge in [-0.05, 0) is 28.8 Å². The Labute approximate surface area is 89.9 Å². The molecule has 2 rings (SSSR count). The highest BCUT2D eigenvalue weighted by Crippen LogP contribution is 2.39. The lowest BCUT2D eigenvalue weighted by atomic mass is 10.3. The van der Waals surface area contributed by atoms with E-state index in [0.29, 0.717) is 5.82 Å². The normalized spacial score (nSPS) is 17.9. The molecule has 0 saturated heterocycles. The Hall–Kier alpha value is -0.880. The summed E-state index contributed by atoms with van der Waals surface area (Å²) in [5.74, 6) is 0.869. The first kappa shape index (κ1) is 9.67. The second-order valence-electron chi connectivity index (χ2n) is 3.49. The summed E-state index contributed by atoms with van der Waals surface area (Å²) in [4.78, 5) is 7.88. The molecule has 1 fully saturated rings. The molecule has 1 aromatic heterocycles. The van der Waals surface area contributed by atoms with Crippen LogP contribution < -0.4 is 11.1 Å². The van der Waals surface area contributed by atoms with Crippen molar-refractivity contribution < 1.29 is 5.11 Å². The summed E-state index contributed by atoms with van der Waals surface area (Å²) < 4.78 is 0.756. The van der Waals surface area contributed by atoms with Crippen LogP contribution in [0.15, 0.2) is 10.7 Å². The van der Waals surface area contributed by atoms with Crippen LogP contribution in [0.4, 0.5) is 11.8 Å². The molecule has 0 radical (unpaired) electrons. The van der Waals surface area contributed by atoms with Gasteiger partial charge in [-0.25, -0.2) is 4.98 Å². The van der Waals surface area contributed by atoms with Gasteiger partial charge in [0, 0.05) is 6.20 Å². The van der Waals surface area contributed by atoms with Gasteiger partial charge < -0.3 is 16.2 Å². The average Bonchev–Trinajstić information content (AvgIpc) is 2.92. The molecule has 0 aromatic carbocycles. The maximum absolute atomic E-state index is 9.13. The summed E-state index contributed by atoms with van der Waals surface area (Å²) in [6.45, 7) is 0.114. The number of halogens is 1. The molecule has 0 unspecified atom stereocenters. The standard InChI is InChI=1S/C8H11BrN4O/c9-5-3-11-7(10)12-6(5)13-8(4-14)1-2-8/h3,14H,1-2,4H2,(H3,10,11,12,13). The van der Waals surface area contributed by atoms with E-state index in [0.717, 1.165) is 17.3 Å². The fourth-order valence-electron chi connectivity index (χ4n) is 1.19. The van der Waals surface area contributed by atoms with E-state index in [9.17, 15) is 0 Å². The molecule has 76 valence electrons. The Morgan fingerprint density at radius 3 is 2.93 bits per heavy atom. The average molecular weight is 259 g/mol. The molecule has 0 aliphatic heterocycles. The van der Waals surface area contributed by atoms with Crippen molar-refractivity contribution >= 4 is 27.7 Å². The van der Waals surface area contributed by atoms with Crippen molar-refractivity contribution in [3.63, 3.8) is 0 Å². The van der Waals surface area contributed by atoms with Crippen LogP contribution in [-0.4, -0.2) is 27.2 Å². The van der Waals surface area contributed by atoms with Gasteiger partial charge in [0.1, 0.15) is 5.82 Å². The SMILES string of the molecule is Nc1ncc(Br)c(NC2(CO)CC2)n1. The molecule has 5 nitrogen and oxygen atoms in total. The van der Waals surface area contributed by atoms with Crippen molar-refractivity contribution in [2.75, 3.05) is 17.7 Å². The van der Waals surface area contributed by atoms with Crippen LogP contribution in [0.2, 0.25) is 0 Å². The predicted octanol–water partition coefficient (Wildman–Crippen LogP) is 0.758. The van der Waals surface area contributed by atoms with E-state index in [4.69, 9.17) is 10.8 Å². The first-order valence-corrected chi connectivity index (χ1v) is 5.12. The smallest absolute Gasteiger partial charge is 0.221 e. The topological polar surface area (TPSA) is 84.1 Å². The van der Waals surface area contributed by atoms with Crippen LogP contribution in [-0.2, 0) is 0 Å². The summed E-state index contributed by atoms with van der Waals surface area (Å²) >= 11 is 3.32. The van der Waals surface area contributed by atoms with Gasteiger partial charge in [-0.2, -0.15) is 4.98 Å². The highest BCUT2D eigenvalue weighted by atomic mass is 79.9. The van der Waals surface area contributed by atoms with E-state index in [-0.39, 0.29) is 18.1 Å². The lowest BCUT2D eigenvalue weighted by molar-refractivity contribution is 0.266. The monoisotopic (exact) mass is 258 g/mol. The minimum absolute atomic E-state index is 0.114. The summed E-state index contributed by atoms with van der Waals surface area (Å²) in [5, 5.41) is 12.3. The number of nitrogen functional groups attached to an aromatic ring is 1. The highest BCUT2D eigenvalue weighted by Gasteiger charge is 2.42. The summed E-state index contributed by atoms with van der Waals surface area (Å²) in [6.07, 6.45) is 3.51. The third-order valence-corrected chi connectivity index (χ3v) is 2.88. The Kier molecular flexibility index (Phi) is 2.32. The van der Waals surface area contributed by atoms with Crippen molar-refractivity contribution in [3.8, 4) is 0 Å². The molecular weight excluding hydrogens is 248 g/mol. The molecule has 1 aliphatic carbocycles. The Bertz CT molecular complexity index is 353. The molecule has 6 heteroatoms. The van der Waals surface area contributed by atoms with Gasteiger partial charge >= 0.3 is 0 Å². The molecule has 1 heterocycles. The van der Waals surface area contributed by atoms with E-state index in [1.54, 1.807) is 6.20 Å². The summed E-state index contributed by atoms with van der Waals surface area (Å²) in [5.41, 5.74) is 5.27. The van der Waals surface area contributed by atoms with Crippen LogP contribution in [0.25, 0.3) is 0 Å². The van der Waals surface area contributed by atoms with Crippen molar-refractivity contribution in [2.24, 2.45) is 0 Å². The highest BCUT2D eigenvalue weighted by molar-refractivity contribution is 9.10. The fourth-order valence-corrected chi connectivity index (χ4v) is 1.48.